The number of hydrogen-bond donors (Lipinski definition) is 2. The number of ether oxygens (including phenoxy) is 1. The summed E-state index contributed by atoms with van der Waals surface area (Å²) >= 11 is 0. The Hall–Kier alpha value is -0.500. The Kier molecular flexibility index (Phi) is 12.1. The lowest BCUT2D eigenvalue weighted by molar-refractivity contribution is -0.888. The number of esters is 1. The van der Waals surface area contributed by atoms with Crippen molar-refractivity contribution in [1.29, 1.82) is 0 Å². The molecular weight excluding hydrogens is 431 g/mol. The van der Waals surface area contributed by atoms with Crippen LogP contribution in [0.4, 0.5) is 0 Å². The number of rotatable bonds is 15. The summed E-state index contributed by atoms with van der Waals surface area (Å²) < 4.78 is 28.2. The first-order chi connectivity index (χ1) is 14.3. The highest BCUT2D eigenvalue weighted by atomic mass is 31.2. The molecule has 3 N–H and O–H groups in total. The van der Waals surface area contributed by atoms with Gasteiger partial charge in [-0.3, -0.25) is 13.8 Å². The number of phosphoric acid groups is 1. The largest absolute Gasteiger partial charge is 0.472 e. The Morgan fingerprint density at radius 1 is 1.03 bits per heavy atom. The van der Waals surface area contributed by atoms with Gasteiger partial charge in [-0.2, -0.15) is 0 Å². The number of hydrogen-bond acceptors (Lipinski definition) is 6. The van der Waals surface area contributed by atoms with Gasteiger partial charge in [-0.15, -0.1) is 0 Å². The first kappa shape index (κ1) is 31.5. The van der Waals surface area contributed by atoms with E-state index in [0.717, 1.165) is 13.0 Å². The lowest BCUT2D eigenvalue weighted by Gasteiger charge is -2.45. The predicted molar refractivity (Wildman–Crippen MR) is 129 cm³/mol. The zero-order chi connectivity index (χ0) is 25.4. The van der Waals surface area contributed by atoms with Gasteiger partial charge < -0.3 is 19.8 Å². The van der Waals surface area contributed by atoms with E-state index in [4.69, 9.17) is 19.5 Å². The molecule has 0 aliphatic heterocycles. The van der Waals surface area contributed by atoms with Crippen molar-refractivity contribution >= 4 is 13.8 Å². The molecule has 0 aromatic rings. The SMILES string of the molecule is CCCC(C)(C(=O)OCCOP(=O)(O)OCC[N+](C)(C)CC)C(C)(C)CC(N)C(C)(C)C. The molecule has 9 heteroatoms. The molecule has 0 aliphatic carbocycles. The van der Waals surface area contributed by atoms with Crippen molar-refractivity contribution in [1.82, 2.24) is 0 Å². The molecule has 0 fully saturated rings. The van der Waals surface area contributed by atoms with Gasteiger partial charge >= 0.3 is 13.8 Å². The van der Waals surface area contributed by atoms with Crippen molar-refractivity contribution in [3.05, 3.63) is 0 Å². The molecule has 0 bridgehead atoms. The van der Waals surface area contributed by atoms with Crippen LogP contribution >= 0.6 is 7.82 Å². The van der Waals surface area contributed by atoms with Crippen molar-refractivity contribution < 1.29 is 32.5 Å². The van der Waals surface area contributed by atoms with E-state index in [0.29, 0.717) is 23.9 Å². The molecule has 0 heterocycles. The lowest BCUT2D eigenvalue weighted by atomic mass is 9.60. The number of quaternary nitrogens is 1. The van der Waals surface area contributed by atoms with Crippen molar-refractivity contribution in [2.75, 3.05) is 47.0 Å². The van der Waals surface area contributed by atoms with Crippen molar-refractivity contribution in [2.24, 2.45) is 22.0 Å². The second kappa shape index (κ2) is 12.3. The number of carbonyl (C=O) groups excluding carboxylic acids is 1. The van der Waals surface area contributed by atoms with Crippen molar-refractivity contribution in [2.45, 2.75) is 80.7 Å². The minimum absolute atomic E-state index is 0.0708. The summed E-state index contributed by atoms with van der Waals surface area (Å²) in [5, 5.41) is 0. The zero-order valence-electron chi connectivity index (χ0n) is 22.2. The van der Waals surface area contributed by atoms with Crippen molar-refractivity contribution in [3.63, 3.8) is 0 Å². The fraction of sp³-hybridized carbons (Fsp3) is 0.957. The van der Waals surface area contributed by atoms with Gasteiger partial charge in [0.05, 0.1) is 32.7 Å². The number of carbonyl (C=O) groups is 1. The molecule has 0 spiro atoms. The van der Waals surface area contributed by atoms with Crippen LogP contribution in [0.2, 0.25) is 0 Å². The van der Waals surface area contributed by atoms with Gasteiger partial charge in [0.15, 0.2) is 0 Å². The molecule has 3 atom stereocenters. The summed E-state index contributed by atoms with van der Waals surface area (Å²) in [7, 11) is -0.172. The third-order valence-electron chi connectivity index (χ3n) is 6.91. The quantitative estimate of drug-likeness (QED) is 0.155. The van der Waals surface area contributed by atoms with E-state index in [2.05, 4.69) is 34.6 Å². The van der Waals surface area contributed by atoms with Crippen LogP contribution in [0.3, 0.4) is 0 Å². The van der Waals surface area contributed by atoms with Crippen LogP contribution in [0.15, 0.2) is 0 Å². The van der Waals surface area contributed by atoms with Crippen LogP contribution in [0.25, 0.3) is 0 Å². The van der Waals surface area contributed by atoms with Gasteiger partial charge in [0.1, 0.15) is 19.8 Å². The molecule has 0 saturated carbocycles. The molecule has 0 aromatic carbocycles. The highest BCUT2D eigenvalue weighted by Crippen LogP contribution is 2.48. The number of phosphoric ester groups is 1. The first-order valence-electron chi connectivity index (χ1n) is 11.7. The van der Waals surface area contributed by atoms with E-state index in [1.807, 2.05) is 34.9 Å². The van der Waals surface area contributed by atoms with Crippen molar-refractivity contribution in [3.8, 4) is 0 Å². The zero-order valence-corrected chi connectivity index (χ0v) is 23.1. The molecule has 0 amide bonds. The third kappa shape index (κ3) is 10.2. The van der Waals surface area contributed by atoms with Gasteiger partial charge in [0.2, 0.25) is 0 Å². The van der Waals surface area contributed by atoms with Gasteiger partial charge in [-0.25, -0.2) is 4.57 Å². The van der Waals surface area contributed by atoms with Gasteiger partial charge in [-0.05, 0) is 37.5 Å². The maximum Gasteiger partial charge on any atom is 0.472 e. The molecule has 32 heavy (non-hydrogen) atoms. The summed E-state index contributed by atoms with van der Waals surface area (Å²) in [6.07, 6.45) is 2.15. The number of likely N-dealkylation sites (N-methyl/N-ethyl adjacent to an activating group) is 1. The van der Waals surface area contributed by atoms with Crippen LogP contribution in [-0.4, -0.2) is 68.4 Å². The fourth-order valence-corrected chi connectivity index (χ4v) is 4.04. The monoisotopic (exact) mass is 481 g/mol. The van der Waals surface area contributed by atoms with Crippen LogP contribution in [0, 0.1) is 16.2 Å². The maximum absolute atomic E-state index is 13.1. The van der Waals surface area contributed by atoms with Crippen LogP contribution in [-0.2, 0) is 23.1 Å². The summed E-state index contributed by atoms with van der Waals surface area (Å²) in [4.78, 5) is 22.9. The van der Waals surface area contributed by atoms with E-state index in [9.17, 15) is 14.3 Å². The summed E-state index contributed by atoms with van der Waals surface area (Å²) in [6.45, 7) is 17.6. The van der Waals surface area contributed by atoms with E-state index in [-0.39, 0.29) is 37.2 Å². The van der Waals surface area contributed by atoms with Crippen LogP contribution in [0.1, 0.15) is 74.7 Å². The number of nitrogens with two attached hydrogens (primary N) is 1. The summed E-state index contributed by atoms with van der Waals surface area (Å²) in [6, 6.07) is -0.0708. The highest BCUT2D eigenvalue weighted by molar-refractivity contribution is 7.47. The molecule has 0 aliphatic rings. The summed E-state index contributed by atoms with van der Waals surface area (Å²) in [5.74, 6) is -0.343. The smallest absolute Gasteiger partial charge is 0.463 e. The Morgan fingerprint density at radius 3 is 2.03 bits per heavy atom. The average Bonchev–Trinajstić information content (AvgIpc) is 2.63. The minimum Gasteiger partial charge on any atom is -0.463 e. The third-order valence-corrected chi connectivity index (χ3v) is 7.93. The second-order valence-corrected chi connectivity index (χ2v) is 12.8. The normalized spacial score (nSPS) is 18.0. The molecule has 0 aromatic heterocycles. The molecule has 0 saturated heterocycles. The van der Waals surface area contributed by atoms with Crippen LogP contribution < -0.4 is 5.73 Å². The Balaban J connectivity index is 4.88. The standard InChI is InChI=1S/C23H49N2O6P/c1-11-13-23(8,22(6,7)18-19(24)21(3,4)5)20(26)29-16-17-31-32(27,28)30-15-14-25(9,10)12-2/h19H,11-18,24H2,1-10H3/p+1. The summed E-state index contributed by atoms with van der Waals surface area (Å²) in [5.41, 5.74) is 5.22. The van der Waals surface area contributed by atoms with Gasteiger partial charge in [0.25, 0.3) is 0 Å². The molecule has 3 unspecified atom stereocenters. The molecule has 0 radical (unpaired) electrons. The van der Waals surface area contributed by atoms with Gasteiger partial charge in [-0.1, -0.05) is 48.0 Å². The average molecular weight is 482 g/mol. The van der Waals surface area contributed by atoms with Gasteiger partial charge in [0, 0.05) is 6.04 Å². The highest BCUT2D eigenvalue weighted by Gasteiger charge is 2.49. The lowest BCUT2D eigenvalue weighted by Crippen LogP contribution is -2.49. The Morgan fingerprint density at radius 2 is 1.56 bits per heavy atom. The molecular formula is C23H50N2O6P+. The predicted octanol–water partition coefficient (Wildman–Crippen LogP) is 4.36. The van der Waals surface area contributed by atoms with E-state index in [1.165, 1.54) is 0 Å². The van der Waals surface area contributed by atoms with E-state index < -0.39 is 18.7 Å². The van der Waals surface area contributed by atoms with E-state index in [1.54, 1.807) is 0 Å². The number of nitrogens with zero attached hydrogens (tertiary/aromatic N) is 1. The second-order valence-electron chi connectivity index (χ2n) is 11.4. The minimum atomic E-state index is -4.19. The van der Waals surface area contributed by atoms with E-state index >= 15 is 0 Å². The molecule has 192 valence electrons. The Bertz CT molecular complexity index is 632. The fourth-order valence-electron chi connectivity index (χ4n) is 3.34. The Labute approximate surface area is 196 Å². The molecule has 0 rings (SSSR count). The topological polar surface area (TPSA) is 108 Å². The maximum atomic E-state index is 13.1. The molecule has 8 nitrogen and oxygen atoms in total. The van der Waals surface area contributed by atoms with Crippen LogP contribution in [0.5, 0.6) is 0 Å². The first-order valence-corrected chi connectivity index (χ1v) is 13.2.